The van der Waals surface area contributed by atoms with Crippen molar-refractivity contribution in [1.29, 1.82) is 0 Å². The highest BCUT2D eigenvalue weighted by molar-refractivity contribution is 8.16. The van der Waals surface area contributed by atoms with Crippen LogP contribution in [0.3, 0.4) is 0 Å². The van der Waals surface area contributed by atoms with Crippen LogP contribution in [0.15, 0.2) is 16.2 Å². The van der Waals surface area contributed by atoms with Gasteiger partial charge in [0.15, 0.2) is 5.17 Å². The molecule has 6 heteroatoms. The van der Waals surface area contributed by atoms with Crippen LogP contribution in [0, 0.1) is 0 Å². The standard InChI is InChI=1S/C4H5N3O2S/c5-4-7-6-2(1-10-4)3(8)9/h1,6H,(H2,5,7)(H,8,9). The van der Waals surface area contributed by atoms with Gasteiger partial charge in [-0.1, -0.05) is 11.8 Å². The molecular formula is C4H5N3O2S. The summed E-state index contributed by atoms with van der Waals surface area (Å²) in [6, 6.07) is 0. The summed E-state index contributed by atoms with van der Waals surface area (Å²) in [5, 5.41) is 13.6. The van der Waals surface area contributed by atoms with Crippen LogP contribution >= 0.6 is 11.8 Å². The highest BCUT2D eigenvalue weighted by Crippen LogP contribution is 2.09. The van der Waals surface area contributed by atoms with Gasteiger partial charge in [0.2, 0.25) is 0 Å². The van der Waals surface area contributed by atoms with Crippen LogP contribution in [-0.2, 0) is 4.79 Å². The molecule has 1 heterocycles. The average Bonchev–Trinajstić information content (AvgIpc) is 1.88. The molecule has 1 rings (SSSR count). The van der Waals surface area contributed by atoms with E-state index in [1.807, 2.05) is 0 Å². The average molecular weight is 159 g/mol. The number of nitrogens with zero attached hydrogens (tertiary/aromatic N) is 1. The lowest BCUT2D eigenvalue weighted by atomic mass is 10.5. The molecule has 10 heavy (non-hydrogen) atoms. The molecule has 0 saturated heterocycles. The predicted octanol–water partition coefficient (Wildman–Crippen LogP) is -0.521. The molecule has 1 aliphatic heterocycles. The van der Waals surface area contributed by atoms with Crippen molar-refractivity contribution in [2.45, 2.75) is 0 Å². The third-order valence-electron chi connectivity index (χ3n) is 0.814. The van der Waals surface area contributed by atoms with Gasteiger partial charge in [-0.2, -0.15) is 0 Å². The second-order valence-corrected chi connectivity index (χ2v) is 2.41. The van der Waals surface area contributed by atoms with Gasteiger partial charge in [0, 0.05) is 5.41 Å². The third kappa shape index (κ3) is 1.41. The fourth-order valence-corrected chi connectivity index (χ4v) is 0.876. The van der Waals surface area contributed by atoms with Crippen LogP contribution in [0.25, 0.3) is 0 Å². The van der Waals surface area contributed by atoms with Crippen LogP contribution in [0.5, 0.6) is 0 Å². The number of rotatable bonds is 1. The van der Waals surface area contributed by atoms with Crippen LogP contribution in [0.2, 0.25) is 0 Å². The number of hydrogen-bond acceptors (Lipinski definition) is 5. The van der Waals surface area contributed by atoms with Crippen molar-refractivity contribution < 1.29 is 9.90 Å². The number of hydrazone groups is 1. The Morgan fingerprint density at radius 3 is 3.00 bits per heavy atom. The molecule has 0 saturated carbocycles. The first-order valence-corrected chi connectivity index (χ1v) is 3.27. The molecule has 0 aromatic heterocycles. The lowest BCUT2D eigenvalue weighted by Gasteiger charge is -2.06. The number of aliphatic carboxylic acids is 1. The van der Waals surface area contributed by atoms with E-state index >= 15 is 0 Å². The summed E-state index contributed by atoms with van der Waals surface area (Å²) >= 11 is 1.08. The zero-order chi connectivity index (χ0) is 7.56. The van der Waals surface area contributed by atoms with Crippen molar-refractivity contribution in [3.8, 4) is 0 Å². The quantitative estimate of drug-likeness (QED) is 0.479. The van der Waals surface area contributed by atoms with Crippen molar-refractivity contribution in [3.63, 3.8) is 0 Å². The number of nitrogens with one attached hydrogen (secondary N) is 1. The molecule has 0 amide bonds. The van der Waals surface area contributed by atoms with Gasteiger partial charge in [-0.05, 0) is 0 Å². The van der Waals surface area contributed by atoms with Crippen molar-refractivity contribution >= 4 is 22.9 Å². The van der Waals surface area contributed by atoms with Gasteiger partial charge in [0.25, 0.3) is 0 Å². The van der Waals surface area contributed by atoms with Gasteiger partial charge in [0.05, 0.1) is 0 Å². The van der Waals surface area contributed by atoms with E-state index in [1.54, 1.807) is 0 Å². The fraction of sp³-hybridized carbons (Fsp3) is 0. The summed E-state index contributed by atoms with van der Waals surface area (Å²) < 4.78 is 0. The molecule has 4 N–H and O–H groups in total. The molecule has 0 atom stereocenters. The Morgan fingerprint density at radius 1 is 1.90 bits per heavy atom. The summed E-state index contributed by atoms with van der Waals surface area (Å²) in [4.78, 5) is 10.2. The van der Waals surface area contributed by atoms with Gasteiger partial charge in [0.1, 0.15) is 5.70 Å². The highest BCUT2D eigenvalue weighted by atomic mass is 32.2. The first-order valence-electron chi connectivity index (χ1n) is 2.39. The minimum Gasteiger partial charge on any atom is -0.477 e. The molecule has 54 valence electrons. The van der Waals surface area contributed by atoms with Crippen molar-refractivity contribution in [2.75, 3.05) is 0 Å². The van der Waals surface area contributed by atoms with Gasteiger partial charge in [-0.3, -0.25) is 5.43 Å². The normalized spacial score (nSPS) is 16.8. The molecule has 0 unspecified atom stereocenters. The topological polar surface area (TPSA) is 87.7 Å². The Morgan fingerprint density at radius 2 is 2.60 bits per heavy atom. The summed E-state index contributed by atoms with van der Waals surface area (Å²) in [6.07, 6.45) is 0. The predicted molar refractivity (Wildman–Crippen MR) is 38.1 cm³/mol. The molecule has 0 radical (unpaired) electrons. The van der Waals surface area contributed by atoms with Crippen LogP contribution in [0.1, 0.15) is 0 Å². The van der Waals surface area contributed by atoms with Crippen molar-refractivity contribution in [1.82, 2.24) is 5.43 Å². The molecule has 5 nitrogen and oxygen atoms in total. The number of carbonyl (C=O) groups is 1. The minimum atomic E-state index is -1.04. The lowest BCUT2D eigenvalue weighted by molar-refractivity contribution is -0.133. The number of amidine groups is 1. The third-order valence-corrected chi connectivity index (χ3v) is 1.50. The molecule has 0 spiro atoms. The van der Waals surface area contributed by atoms with E-state index in [0.29, 0.717) is 5.17 Å². The number of thioether (sulfide) groups is 1. The molecule has 0 fully saturated rings. The summed E-state index contributed by atoms with van der Waals surface area (Å²) in [6.45, 7) is 0. The summed E-state index contributed by atoms with van der Waals surface area (Å²) in [5.74, 6) is -1.04. The van der Waals surface area contributed by atoms with E-state index in [1.165, 1.54) is 5.41 Å². The maximum Gasteiger partial charge on any atom is 0.354 e. The van der Waals surface area contributed by atoms with Crippen LogP contribution in [-0.4, -0.2) is 16.2 Å². The SMILES string of the molecule is NC1=NNC(C(=O)O)=CS1. The minimum absolute atomic E-state index is 0.0409. The van der Waals surface area contributed by atoms with E-state index in [9.17, 15) is 4.79 Å². The molecule has 0 aromatic rings. The number of hydrogen-bond donors (Lipinski definition) is 3. The van der Waals surface area contributed by atoms with Crippen LogP contribution < -0.4 is 11.2 Å². The Labute approximate surface area is 61.0 Å². The summed E-state index contributed by atoms with van der Waals surface area (Å²) in [5.41, 5.74) is 7.52. The molecular weight excluding hydrogens is 154 g/mol. The van der Waals surface area contributed by atoms with E-state index in [-0.39, 0.29) is 5.70 Å². The van der Waals surface area contributed by atoms with E-state index < -0.39 is 5.97 Å². The number of carboxylic acids is 1. The van der Waals surface area contributed by atoms with Gasteiger partial charge < -0.3 is 10.8 Å². The van der Waals surface area contributed by atoms with Crippen LogP contribution in [0.4, 0.5) is 0 Å². The van der Waals surface area contributed by atoms with E-state index in [0.717, 1.165) is 11.8 Å². The van der Waals surface area contributed by atoms with E-state index in [4.69, 9.17) is 10.8 Å². The number of carboxylic acid groups (broad SMARTS) is 1. The zero-order valence-electron chi connectivity index (χ0n) is 4.87. The smallest absolute Gasteiger partial charge is 0.354 e. The summed E-state index contributed by atoms with van der Waals surface area (Å²) in [7, 11) is 0. The van der Waals surface area contributed by atoms with Crippen molar-refractivity contribution in [3.05, 3.63) is 11.1 Å². The Hall–Kier alpha value is -1.17. The second kappa shape index (κ2) is 2.61. The van der Waals surface area contributed by atoms with E-state index in [2.05, 4.69) is 10.5 Å². The maximum absolute atomic E-state index is 10.2. The molecule has 0 aliphatic carbocycles. The second-order valence-electron chi connectivity index (χ2n) is 1.52. The van der Waals surface area contributed by atoms with Gasteiger partial charge >= 0.3 is 5.97 Å². The number of nitrogens with two attached hydrogens (primary N) is 1. The monoisotopic (exact) mass is 159 g/mol. The van der Waals surface area contributed by atoms with Gasteiger partial charge in [-0.25, -0.2) is 4.79 Å². The largest absolute Gasteiger partial charge is 0.477 e. The zero-order valence-corrected chi connectivity index (χ0v) is 5.68. The first kappa shape index (κ1) is 6.94. The Balaban J connectivity index is 2.62. The van der Waals surface area contributed by atoms with Gasteiger partial charge in [-0.15, -0.1) is 5.10 Å². The fourth-order valence-electron chi connectivity index (χ4n) is 0.386. The molecule has 0 aromatic carbocycles. The lowest BCUT2D eigenvalue weighted by Crippen LogP contribution is -2.22. The molecule has 0 bridgehead atoms. The highest BCUT2D eigenvalue weighted by Gasteiger charge is 2.09. The maximum atomic E-state index is 10.2. The Kier molecular flexibility index (Phi) is 1.81. The molecule has 1 aliphatic rings. The Bertz CT molecular complexity index is 223. The first-order chi connectivity index (χ1) is 4.70. The van der Waals surface area contributed by atoms with Crippen molar-refractivity contribution in [2.24, 2.45) is 10.8 Å².